The van der Waals surface area contributed by atoms with Crippen molar-refractivity contribution in [2.45, 2.75) is 70.6 Å². The van der Waals surface area contributed by atoms with E-state index >= 15 is 0 Å². The predicted molar refractivity (Wildman–Crippen MR) is 109 cm³/mol. The van der Waals surface area contributed by atoms with E-state index in [1.807, 2.05) is 0 Å². The summed E-state index contributed by atoms with van der Waals surface area (Å²) in [6, 6.07) is 0. The molecule has 1 saturated carbocycles. The molecule has 1 saturated heterocycles. The van der Waals surface area contributed by atoms with Crippen molar-refractivity contribution < 1.29 is 0 Å². The van der Waals surface area contributed by atoms with Crippen LogP contribution >= 0.6 is 24.8 Å². The van der Waals surface area contributed by atoms with E-state index in [0.717, 1.165) is 19.0 Å². The summed E-state index contributed by atoms with van der Waals surface area (Å²) >= 11 is 0. The number of unbranched alkanes of at least 4 members (excludes halogenated alkanes) is 2. The van der Waals surface area contributed by atoms with Crippen molar-refractivity contribution >= 4 is 30.8 Å². The molecule has 0 spiro atoms. The van der Waals surface area contributed by atoms with Crippen LogP contribution in [0.1, 0.15) is 70.6 Å². The summed E-state index contributed by atoms with van der Waals surface area (Å²) in [6.07, 6.45) is 14.8. The second-order valence-corrected chi connectivity index (χ2v) is 7.15. The van der Waals surface area contributed by atoms with Gasteiger partial charge in [-0.1, -0.05) is 32.1 Å². The summed E-state index contributed by atoms with van der Waals surface area (Å²) in [4.78, 5) is 2.59. The Balaban J connectivity index is 0.00000264. The molecular weight excluding hydrogens is 343 g/mol. The lowest BCUT2D eigenvalue weighted by atomic mass is 10.0. The van der Waals surface area contributed by atoms with E-state index in [9.17, 15) is 0 Å². The molecule has 2 fully saturated rings. The molecule has 3 N–H and O–H groups in total. The Morgan fingerprint density at radius 2 is 1.50 bits per heavy atom. The zero-order valence-electron chi connectivity index (χ0n) is 15.2. The van der Waals surface area contributed by atoms with Crippen molar-refractivity contribution in [3.8, 4) is 0 Å². The standard InChI is InChI=1S/C18H36N4.2ClH/c19-18(21-16-17-10-4-1-2-5-11-17)20-12-6-3-7-13-22-14-8-9-15-22;;/h17H,1-16H2,(H3,19,20,21);2*1H. The van der Waals surface area contributed by atoms with E-state index in [0.29, 0.717) is 5.96 Å². The Labute approximate surface area is 161 Å². The van der Waals surface area contributed by atoms with Gasteiger partial charge in [0.15, 0.2) is 5.96 Å². The molecule has 24 heavy (non-hydrogen) atoms. The zero-order chi connectivity index (χ0) is 15.5. The molecule has 1 aliphatic heterocycles. The summed E-state index contributed by atoms with van der Waals surface area (Å²) in [5.41, 5.74) is 0. The molecule has 2 aliphatic rings. The summed E-state index contributed by atoms with van der Waals surface area (Å²) < 4.78 is 0. The van der Waals surface area contributed by atoms with Crippen LogP contribution < -0.4 is 10.6 Å². The van der Waals surface area contributed by atoms with Gasteiger partial charge in [-0.05, 0) is 64.1 Å². The van der Waals surface area contributed by atoms with E-state index in [2.05, 4.69) is 15.5 Å². The Morgan fingerprint density at radius 1 is 0.833 bits per heavy atom. The van der Waals surface area contributed by atoms with Crippen LogP contribution in [0.25, 0.3) is 0 Å². The van der Waals surface area contributed by atoms with Gasteiger partial charge in [0.2, 0.25) is 0 Å². The quantitative estimate of drug-likeness (QED) is 0.256. The molecule has 0 aromatic heterocycles. The topological polar surface area (TPSA) is 51.2 Å². The number of nitrogens with one attached hydrogen (secondary N) is 3. The molecule has 0 radical (unpaired) electrons. The second kappa shape index (κ2) is 15.1. The maximum absolute atomic E-state index is 7.95. The molecular formula is C18H38Cl2N4. The highest BCUT2D eigenvalue weighted by Crippen LogP contribution is 2.21. The van der Waals surface area contributed by atoms with Crippen molar-refractivity contribution in [2.75, 3.05) is 32.7 Å². The van der Waals surface area contributed by atoms with E-state index < -0.39 is 0 Å². The van der Waals surface area contributed by atoms with Crippen LogP contribution in [-0.2, 0) is 0 Å². The smallest absolute Gasteiger partial charge is 0.188 e. The predicted octanol–water partition coefficient (Wildman–Crippen LogP) is 4.18. The highest BCUT2D eigenvalue weighted by Gasteiger charge is 2.12. The second-order valence-electron chi connectivity index (χ2n) is 7.15. The van der Waals surface area contributed by atoms with Gasteiger partial charge in [-0.2, -0.15) is 0 Å². The van der Waals surface area contributed by atoms with Gasteiger partial charge < -0.3 is 15.5 Å². The lowest BCUT2D eigenvalue weighted by Gasteiger charge is -2.17. The molecule has 0 aromatic carbocycles. The molecule has 144 valence electrons. The van der Waals surface area contributed by atoms with Crippen LogP contribution in [-0.4, -0.2) is 43.6 Å². The van der Waals surface area contributed by atoms with E-state index in [1.54, 1.807) is 0 Å². The Morgan fingerprint density at radius 3 is 2.17 bits per heavy atom. The van der Waals surface area contributed by atoms with Crippen LogP contribution in [0.3, 0.4) is 0 Å². The van der Waals surface area contributed by atoms with E-state index in [-0.39, 0.29) is 24.8 Å². The van der Waals surface area contributed by atoms with Crippen LogP contribution in [0.4, 0.5) is 0 Å². The average Bonchev–Trinajstić information content (AvgIpc) is 2.90. The number of halogens is 2. The third-order valence-corrected chi connectivity index (χ3v) is 5.19. The molecule has 2 rings (SSSR count). The van der Waals surface area contributed by atoms with Crippen molar-refractivity contribution in [1.29, 1.82) is 5.41 Å². The van der Waals surface area contributed by atoms with Gasteiger partial charge in [-0.25, -0.2) is 0 Å². The number of nitrogens with zero attached hydrogens (tertiary/aromatic N) is 1. The number of likely N-dealkylation sites (tertiary alicyclic amines) is 1. The first kappa shape index (κ1) is 23.8. The minimum absolute atomic E-state index is 0. The maximum Gasteiger partial charge on any atom is 0.188 e. The minimum Gasteiger partial charge on any atom is -0.357 e. The van der Waals surface area contributed by atoms with Gasteiger partial charge in [0.05, 0.1) is 0 Å². The Bertz CT molecular complexity index is 301. The monoisotopic (exact) mass is 380 g/mol. The summed E-state index contributed by atoms with van der Waals surface area (Å²) in [5, 5.41) is 14.5. The first-order chi connectivity index (χ1) is 10.8. The highest BCUT2D eigenvalue weighted by molar-refractivity contribution is 5.85. The molecule has 4 nitrogen and oxygen atoms in total. The summed E-state index contributed by atoms with van der Waals surface area (Å²) in [6.45, 7) is 5.83. The fourth-order valence-corrected chi connectivity index (χ4v) is 3.73. The SMILES string of the molecule is Cl.Cl.N=C(NCCCCCN1CCCC1)NCC1CCCCCC1. The van der Waals surface area contributed by atoms with Crippen molar-refractivity contribution in [3.05, 3.63) is 0 Å². The zero-order valence-corrected chi connectivity index (χ0v) is 16.8. The largest absolute Gasteiger partial charge is 0.357 e. The lowest BCUT2D eigenvalue weighted by Crippen LogP contribution is -2.39. The molecule has 0 unspecified atom stereocenters. The van der Waals surface area contributed by atoms with Crippen molar-refractivity contribution in [1.82, 2.24) is 15.5 Å². The average molecular weight is 381 g/mol. The Hall–Kier alpha value is -0.190. The van der Waals surface area contributed by atoms with Gasteiger partial charge in [0, 0.05) is 13.1 Å². The van der Waals surface area contributed by atoms with Crippen LogP contribution in [0, 0.1) is 11.3 Å². The van der Waals surface area contributed by atoms with Gasteiger partial charge in [-0.3, -0.25) is 5.41 Å². The fourth-order valence-electron chi connectivity index (χ4n) is 3.73. The molecule has 6 heteroatoms. The molecule has 0 amide bonds. The molecule has 1 heterocycles. The van der Waals surface area contributed by atoms with Crippen molar-refractivity contribution in [2.24, 2.45) is 5.92 Å². The van der Waals surface area contributed by atoms with Gasteiger partial charge in [-0.15, -0.1) is 24.8 Å². The van der Waals surface area contributed by atoms with Crippen molar-refractivity contribution in [3.63, 3.8) is 0 Å². The molecule has 0 atom stereocenters. The number of hydrogen-bond donors (Lipinski definition) is 3. The van der Waals surface area contributed by atoms with Gasteiger partial charge in [0.25, 0.3) is 0 Å². The van der Waals surface area contributed by atoms with Gasteiger partial charge >= 0.3 is 0 Å². The third kappa shape index (κ3) is 10.6. The molecule has 0 bridgehead atoms. The first-order valence-electron chi connectivity index (χ1n) is 9.63. The third-order valence-electron chi connectivity index (χ3n) is 5.19. The van der Waals surface area contributed by atoms with Gasteiger partial charge in [0.1, 0.15) is 0 Å². The molecule has 0 aromatic rings. The lowest BCUT2D eigenvalue weighted by molar-refractivity contribution is 0.328. The first-order valence-corrected chi connectivity index (χ1v) is 9.63. The number of hydrogen-bond acceptors (Lipinski definition) is 2. The van der Waals surface area contributed by atoms with Crippen LogP contribution in [0.5, 0.6) is 0 Å². The minimum atomic E-state index is 0. The fraction of sp³-hybridized carbons (Fsp3) is 0.944. The maximum atomic E-state index is 7.95. The normalized spacial score (nSPS) is 19.0. The number of guanidine groups is 1. The number of rotatable bonds is 8. The molecule has 1 aliphatic carbocycles. The van der Waals surface area contributed by atoms with Crippen LogP contribution in [0.15, 0.2) is 0 Å². The summed E-state index contributed by atoms with van der Waals surface area (Å²) in [5.74, 6) is 1.31. The van der Waals surface area contributed by atoms with Crippen LogP contribution in [0.2, 0.25) is 0 Å². The Kier molecular flexibility index (Phi) is 15.0. The van der Waals surface area contributed by atoms with E-state index in [1.165, 1.54) is 90.3 Å². The summed E-state index contributed by atoms with van der Waals surface area (Å²) in [7, 11) is 0. The van der Waals surface area contributed by atoms with E-state index in [4.69, 9.17) is 5.41 Å². The highest BCUT2D eigenvalue weighted by atomic mass is 35.5.